The Morgan fingerprint density at radius 1 is 1.50 bits per heavy atom. The fourth-order valence-electron chi connectivity index (χ4n) is 2.52. The van der Waals surface area contributed by atoms with Gasteiger partial charge in [-0.25, -0.2) is 0 Å². The third-order valence-corrected chi connectivity index (χ3v) is 4.11. The van der Waals surface area contributed by atoms with Gasteiger partial charge in [0.25, 0.3) is 0 Å². The van der Waals surface area contributed by atoms with Crippen molar-refractivity contribution in [2.75, 3.05) is 6.61 Å². The number of aryl methyl sites for hydroxylation is 1. The van der Waals surface area contributed by atoms with Gasteiger partial charge >= 0.3 is 0 Å². The molecule has 1 aliphatic heterocycles. The maximum atomic E-state index is 5.75. The molecule has 0 saturated carbocycles. The summed E-state index contributed by atoms with van der Waals surface area (Å²) in [6, 6.07) is 4.54. The first-order chi connectivity index (χ1) is 9.63. The van der Waals surface area contributed by atoms with Gasteiger partial charge in [-0.1, -0.05) is 15.9 Å². The summed E-state index contributed by atoms with van der Waals surface area (Å²) >= 11 is 3.57. The molecule has 3 rings (SSSR count). The summed E-state index contributed by atoms with van der Waals surface area (Å²) in [5.41, 5.74) is 3.70. The lowest BCUT2D eigenvalue weighted by Gasteiger charge is -2.14. The summed E-state index contributed by atoms with van der Waals surface area (Å²) in [5.74, 6) is 1.05. The largest absolute Gasteiger partial charge is 0.493 e. The number of halogens is 1. The summed E-state index contributed by atoms with van der Waals surface area (Å²) in [7, 11) is 1.94. The highest BCUT2D eigenvalue weighted by Crippen LogP contribution is 2.33. The van der Waals surface area contributed by atoms with E-state index in [9.17, 15) is 0 Å². The van der Waals surface area contributed by atoms with E-state index < -0.39 is 0 Å². The first kappa shape index (κ1) is 13.6. The molecule has 1 aromatic heterocycles. The maximum absolute atomic E-state index is 5.75. The number of hydrogen-bond donors (Lipinski definition) is 1. The molecule has 4 nitrogen and oxygen atoms in total. The first-order valence-corrected chi connectivity index (χ1v) is 7.59. The zero-order valence-corrected chi connectivity index (χ0v) is 13.3. The second-order valence-corrected chi connectivity index (χ2v) is 6.12. The molecular formula is C15H18BrN3O. The van der Waals surface area contributed by atoms with E-state index in [0.29, 0.717) is 0 Å². The molecule has 0 saturated heterocycles. The zero-order chi connectivity index (χ0) is 14.1. The summed E-state index contributed by atoms with van der Waals surface area (Å²) in [6.45, 7) is 3.73. The average Bonchev–Trinajstić information content (AvgIpc) is 3.03. The van der Waals surface area contributed by atoms with E-state index in [1.807, 2.05) is 24.1 Å². The molecule has 106 valence electrons. The molecule has 20 heavy (non-hydrogen) atoms. The van der Waals surface area contributed by atoms with Crippen LogP contribution in [0.2, 0.25) is 0 Å². The summed E-state index contributed by atoms with van der Waals surface area (Å²) < 4.78 is 8.69. The number of benzene rings is 1. The average molecular weight is 336 g/mol. The van der Waals surface area contributed by atoms with E-state index in [1.165, 1.54) is 16.7 Å². The minimum atomic E-state index is 0.264. The smallest absolute Gasteiger partial charge is 0.127 e. The summed E-state index contributed by atoms with van der Waals surface area (Å²) in [6.07, 6.45) is 4.94. The number of hydrogen-bond acceptors (Lipinski definition) is 3. The van der Waals surface area contributed by atoms with Gasteiger partial charge in [0.2, 0.25) is 0 Å². The van der Waals surface area contributed by atoms with E-state index in [-0.39, 0.29) is 6.04 Å². The van der Waals surface area contributed by atoms with E-state index in [1.54, 1.807) is 0 Å². The Bertz CT molecular complexity index is 624. The van der Waals surface area contributed by atoms with Crippen molar-refractivity contribution in [3.8, 4) is 5.75 Å². The summed E-state index contributed by atoms with van der Waals surface area (Å²) in [4.78, 5) is 0. The standard InChI is InChI=1S/C15H18BrN3O/c1-10(13-8-18-19(2)9-13)17-7-12-6-14(16)5-11-3-4-20-15(11)12/h5-6,8-10,17H,3-4,7H2,1-2H3. The van der Waals surface area contributed by atoms with Gasteiger partial charge in [-0.3, -0.25) is 4.68 Å². The second kappa shape index (κ2) is 5.58. The van der Waals surface area contributed by atoms with Crippen molar-refractivity contribution in [1.82, 2.24) is 15.1 Å². The van der Waals surface area contributed by atoms with Crippen molar-refractivity contribution in [3.05, 3.63) is 45.7 Å². The number of aromatic nitrogens is 2. The molecule has 0 fully saturated rings. The van der Waals surface area contributed by atoms with Crippen molar-refractivity contribution in [3.63, 3.8) is 0 Å². The summed E-state index contributed by atoms with van der Waals surface area (Å²) in [5, 5.41) is 7.74. The van der Waals surface area contributed by atoms with Crippen molar-refractivity contribution in [2.24, 2.45) is 7.05 Å². The number of fused-ring (bicyclic) bond motifs is 1. The highest BCUT2D eigenvalue weighted by molar-refractivity contribution is 9.10. The third-order valence-electron chi connectivity index (χ3n) is 3.65. The second-order valence-electron chi connectivity index (χ2n) is 5.20. The lowest BCUT2D eigenvalue weighted by molar-refractivity contribution is 0.351. The predicted octanol–water partition coefficient (Wildman–Crippen LogP) is 2.97. The minimum Gasteiger partial charge on any atom is -0.493 e. The number of ether oxygens (including phenoxy) is 1. The number of rotatable bonds is 4. The molecule has 0 aliphatic carbocycles. The molecule has 0 radical (unpaired) electrons. The van der Waals surface area contributed by atoms with Crippen molar-refractivity contribution in [2.45, 2.75) is 25.9 Å². The molecule has 1 aromatic carbocycles. The quantitative estimate of drug-likeness (QED) is 0.933. The van der Waals surface area contributed by atoms with Gasteiger partial charge in [0.05, 0.1) is 12.8 Å². The Balaban J connectivity index is 1.73. The van der Waals surface area contributed by atoms with Crippen molar-refractivity contribution < 1.29 is 4.74 Å². The van der Waals surface area contributed by atoms with Crippen LogP contribution >= 0.6 is 15.9 Å². The number of nitrogens with zero attached hydrogens (tertiary/aromatic N) is 2. The van der Waals surface area contributed by atoms with E-state index >= 15 is 0 Å². The molecule has 5 heteroatoms. The fourth-order valence-corrected chi connectivity index (χ4v) is 3.07. The van der Waals surface area contributed by atoms with Gasteiger partial charge in [0, 0.05) is 47.9 Å². The van der Waals surface area contributed by atoms with Crippen LogP contribution < -0.4 is 10.1 Å². The van der Waals surface area contributed by atoms with Crippen LogP contribution in [0.25, 0.3) is 0 Å². The fraction of sp³-hybridized carbons (Fsp3) is 0.400. The molecule has 0 bridgehead atoms. The Morgan fingerprint density at radius 3 is 3.10 bits per heavy atom. The van der Waals surface area contributed by atoms with E-state index in [0.717, 1.165) is 29.8 Å². The van der Waals surface area contributed by atoms with Crippen LogP contribution in [0.15, 0.2) is 29.0 Å². The highest BCUT2D eigenvalue weighted by atomic mass is 79.9. The molecule has 1 atom stereocenters. The van der Waals surface area contributed by atoms with Crippen LogP contribution in [0.3, 0.4) is 0 Å². The van der Waals surface area contributed by atoms with Crippen LogP contribution in [0.5, 0.6) is 5.75 Å². The maximum Gasteiger partial charge on any atom is 0.127 e. The molecule has 1 unspecified atom stereocenters. The SMILES string of the molecule is CC(NCc1cc(Br)cc2c1OCC2)c1cnn(C)c1. The Labute approximate surface area is 127 Å². The molecular weight excluding hydrogens is 318 g/mol. The topological polar surface area (TPSA) is 39.1 Å². The van der Waals surface area contributed by atoms with Gasteiger partial charge in [0.1, 0.15) is 5.75 Å². The van der Waals surface area contributed by atoms with Gasteiger partial charge < -0.3 is 10.1 Å². The van der Waals surface area contributed by atoms with E-state index in [4.69, 9.17) is 4.74 Å². The molecule has 2 heterocycles. The monoisotopic (exact) mass is 335 g/mol. The van der Waals surface area contributed by atoms with Gasteiger partial charge in [-0.15, -0.1) is 0 Å². The Hall–Kier alpha value is -1.33. The van der Waals surface area contributed by atoms with Crippen LogP contribution in [0.1, 0.15) is 29.7 Å². The number of nitrogens with one attached hydrogen (secondary N) is 1. The van der Waals surface area contributed by atoms with Crippen molar-refractivity contribution in [1.29, 1.82) is 0 Å². The van der Waals surface area contributed by atoms with Crippen LogP contribution in [-0.2, 0) is 20.0 Å². The van der Waals surface area contributed by atoms with Gasteiger partial charge in [0.15, 0.2) is 0 Å². The Morgan fingerprint density at radius 2 is 2.35 bits per heavy atom. The van der Waals surface area contributed by atoms with Crippen LogP contribution in [-0.4, -0.2) is 16.4 Å². The van der Waals surface area contributed by atoms with Crippen LogP contribution in [0, 0.1) is 0 Å². The highest BCUT2D eigenvalue weighted by Gasteiger charge is 2.18. The lowest BCUT2D eigenvalue weighted by atomic mass is 10.1. The predicted molar refractivity (Wildman–Crippen MR) is 81.8 cm³/mol. The van der Waals surface area contributed by atoms with Crippen LogP contribution in [0.4, 0.5) is 0 Å². The van der Waals surface area contributed by atoms with E-state index in [2.05, 4.69) is 45.4 Å². The first-order valence-electron chi connectivity index (χ1n) is 6.79. The Kier molecular flexibility index (Phi) is 3.81. The van der Waals surface area contributed by atoms with Crippen molar-refractivity contribution >= 4 is 15.9 Å². The lowest BCUT2D eigenvalue weighted by Crippen LogP contribution is -2.18. The molecule has 1 aliphatic rings. The third kappa shape index (κ3) is 2.74. The minimum absolute atomic E-state index is 0.264. The normalized spacial score (nSPS) is 14.9. The van der Waals surface area contributed by atoms with Gasteiger partial charge in [-0.2, -0.15) is 5.10 Å². The molecule has 2 aromatic rings. The zero-order valence-electron chi connectivity index (χ0n) is 11.7. The molecule has 0 amide bonds. The molecule has 1 N–H and O–H groups in total. The van der Waals surface area contributed by atoms with Gasteiger partial charge in [-0.05, 0) is 24.6 Å². The molecule has 0 spiro atoms.